The maximum absolute atomic E-state index is 13.3. The highest BCUT2D eigenvalue weighted by Gasteiger charge is 2.44. The van der Waals surface area contributed by atoms with Gasteiger partial charge in [-0.25, -0.2) is 9.59 Å². The number of rotatable bonds is 5. The number of hydrogen-bond acceptors (Lipinski definition) is 5. The summed E-state index contributed by atoms with van der Waals surface area (Å²) in [5, 5.41) is 22.3. The van der Waals surface area contributed by atoms with Crippen molar-refractivity contribution >= 4 is 18.0 Å². The molecule has 5 rings (SSSR count). The van der Waals surface area contributed by atoms with Crippen LogP contribution < -0.4 is 5.32 Å². The van der Waals surface area contributed by atoms with Crippen LogP contribution in [0.4, 0.5) is 4.79 Å². The van der Waals surface area contributed by atoms with Crippen LogP contribution in [0.25, 0.3) is 11.1 Å². The van der Waals surface area contributed by atoms with Gasteiger partial charge in [0.15, 0.2) is 0 Å². The molecule has 184 valence electrons. The molecule has 0 spiro atoms. The van der Waals surface area contributed by atoms with E-state index in [4.69, 9.17) is 4.74 Å². The number of carboxylic acids is 1. The summed E-state index contributed by atoms with van der Waals surface area (Å²) in [5.74, 6) is -2.03. The van der Waals surface area contributed by atoms with E-state index in [9.17, 15) is 24.6 Å². The number of hydrogen-bond donors (Lipinski definition) is 3. The number of carbonyl (C=O) groups is 3. The predicted octanol–water partition coefficient (Wildman–Crippen LogP) is 3.13. The van der Waals surface area contributed by atoms with Gasteiger partial charge in [0.2, 0.25) is 5.91 Å². The highest BCUT2D eigenvalue weighted by molar-refractivity contribution is 5.87. The molecule has 2 fully saturated rings. The molecule has 0 bridgehead atoms. The Kier molecular flexibility index (Phi) is 6.47. The van der Waals surface area contributed by atoms with Gasteiger partial charge in [-0.1, -0.05) is 61.4 Å². The fourth-order valence-electron chi connectivity index (χ4n) is 5.90. The van der Waals surface area contributed by atoms with Crippen molar-refractivity contribution in [2.45, 2.75) is 56.2 Å². The summed E-state index contributed by atoms with van der Waals surface area (Å²) in [6.07, 6.45) is 1.47. The predicted molar refractivity (Wildman–Crippen MR) is 128 cm³/mol. The van der Waals surface area contributed by atoms with E-state index in [1.807, 2.05) is 24.3 Å². The van der Waals surface area contributed by atoms with Crippen molar-refractivity contribution in [3.8, 4) is 11.1 Å². The highest BCUT2D eigenvalue weighted by atomic mass is 16.5. The molecule has 1 aliphatic heterocycles. The lowest BCUT2D eigenvalue weighted by Gasteiger charge is -2.34. The van der Waals surface area contributed by atoms with Crippen molar-refractivity contribution < 1.29 is 29.3 Å². The van der Waals surface area contributed by atoms with Gasteiger partial charge in [0.25, 0.3) is 0 Å². The molecule has 2 aromatic carbocycles. The molecule has 0 aromatic heterocycles. The maximum Gasteiger partial charge on any atom is 0.407 e. The number of benzene rings is 2. The zero-order valence-electron chi connectivity index (χ0n) is 19.4. The summed E-state index contributed by atoms with van der Waals surface area (Å²) in [6.45, 7) is 0.189. The van der Waals surface area contributed by atoms with E-state index in [2.05, 4.69) is 29.6 Å². The number of nitrogens with zero attached hydrogens (tertiary/aromatic N) is 1. The van der Waals surface area contributed by atoms with Crippen molar-refractivity contribution in [1.29, 1.82) is 0 Å². The fraction of sp³-hybridized carbons (Fsp3) is 0.444. The highest BCUT2D eigenvalue weighted by Crippen LogP contribution is 2.44. The Bertz CT molecular complexity index is 1090. The van der Waals surface area contributed by atoms with E-state index < -0.39 is 36.2 Å². The van der Waals surface area contributed by atoms with Crippen molar-refractivity contribution in [2.75, 3.05) is 13.2 Å². The third-order valence-corrected chi connectivity index (χ3v) is 7.58. The van der Waals surface area contributed by atoms with Crippen LogP contribution >= 0.6 is 0 Å². The second kappa shape index (κ2) is 9.70. The Morgan fingerprint density at radius 3 is 2.26 bits per heavy atom. The summed E-state index contributed by atoms with van der Waals surface area (Å²) in [7, 11) is 0. The van der Waals surface area contributed by atoms with Crippen LogP contribution in [0, 0.1) is 5.92 Å². The Balaban J connectivity index is 1.25. The lowest BCUT2D eigenvalue weighted by molar-refractivity contribution is -0.150. The minimum absolute atomic E-state index is 0.00393. The SMILES string of the molecule is O=C(NC1CCCCC1C(=O)N1C[C@H](O)C[C@H]1C(=O)O)OCC1c2ccccc2-c2ccccc21. The molecule has 3 N–H and O–H groups in total. The monoisotopic (exact) mass is 478 g/mol. The van der Waals surface area contributed by atoms with Gasteiger partial charge in [0.1, 0.15) is 12.6 Å². The van der Waals surface area contributed by atoms with Crippen LogP contribution in [-0.2, 0) is 14.3 Å². The zero-order chi connectivity index (χ0) is 24.5. The zero-order valence-corrected chi connectivity index (χ0v) is 19.4. The van der Waals surface area contributed by atoms with Gasteiger partial charge in [-0.2, -0.15) is 0 Å². The van der Waals surface area contributed by atoms with Crippen molar-refractivity contribution in [3.63, 3.8) is 0 Å². The Labute approximate surface area is 203 Å². The number of aliphatic hydroxyl groups excluding tert-OH is 1. The Hall–Kier alpha value is -3.39. The Morgan fingerprint density at radius 1 is 0.971 bits per heavy atom. The minimum atomic E-state index is -1.12. The lowest BCUT2D eigenvalue weighted by atomic mass is 9.83. The minimum Gasteiger partial charge on any atom is -0.480 e. The summed E-state index contributed by atoms with van der Waals surface area (Å²) in [4.78, 5) is 38.9. The number of fused-ring (bicyclic) bond motifs is 3. The van der Waals surface area contributed by atoms with E-state index in [1.165, 1.54) is 4.90 Å². The number of nitrogens with one attached hydrogen (secondary N) is 1. The van der Waals surface area contributed by atoms with E-state index >= 15 is 0 Å². The summed E-state index contributed by atoms with van der Waals surface area (Å²) >= 11 is 0. The molecule has 2 aromatic rings. The Morgan fingerprint density at radius 2 is 1.60 bits per heavy atom. The first-order valence-corrected chi connectivity index (χ1v) is 12.3. The van der Waals surface area contributed by atoms with E-state index in [1.54, 1.807) is 0 Å². The number of ether oxygens (including phenoxy) is 1. The van der Waals surface area contributed by atoms with Gasteiger partial charge in [0, 0.05) is 24.9 Å². The largest absolute Gasteiger partial charge is 0.480 e. The smallest absolute Gasteiger partial charge is 0.407 e. The number of likely N-dealkylation sites (tertiary alicyclic amines) is 1. The average Bonchev–Trinajstić information content (AvgIpc) is 3.41. The number of aliphatic carboxylic acids is 1. The van der Waals surface area contributed by atoms with Crippen LogP contribution in [0.5, 0.6) is 0 Å². The van der Waals surface area contributed by atoms with E-state index in [-0.39, 0.29) is 31.4 Å². The second-order valence-electron chi connectivity index (χ2n) is 9.70. The summed E-state index contributed by atoms with van der Waals surface area (Å²) < 4.78 is 5.66. The number of β-amino-alcohol motifs (C(OH)–C–C–N with tert-alkyl or cyclic N) is 1. The molecular weight excluding hydrogens is 448 g/mol. The molecule has 1 saturated carbocycles. The standard InChI is InChI=1S/C27H30N2O6/c30-16-13-24(26(32)33)29(14-16)25(31)21-11-5-6-12-23(21)28-27(34)35-15-22-19-9-3-1-7-17(19)18-8-2-4-10-20(18)22/h1-4,7-10,16,21-24,30H,5-6,11-15H2,(H,28,34)(H,32,33)/t16-,21?,23?,24+/m1/s1. The molecular formula is C27H30N2O6. The first kappa shape index (κ1) is 23.4. The normalized spacial score (nSPS) is 25.6. The molecule has 35 heavy (non-hydrogen) atoms. The van der Waals surface area contributed by atoms with Crippen LogP contribution in [-0.4, -0.2) is 64.4 Å². The molecule has 1 saturated heterocycles. The third kappa shape index (κ3) is 4.50. The summed E-state index contributed by atoms with van der Waals surface area (Å²) in [5.41, 5.74) is 4.55. The first-order chi connectivity index (χ1) is 16.9. The van der Waals surface area contributed by atoms with Crippen molar-refractivity contribution in [2.24, 2.45) is 5.92 Å². The first-order valence-electron chi connectivity index (χ1n) is 12.3. The molecule has 8 nitrogen and oxygen atoms in total. The van der Waals surface area contributed by atoms with Crippen molar-refractivity contribution in [3.05, 3.63) is 59.7 Å². The van der Waals surface area contributed by atoms with E-state index in [0.29, 0.717) is 12.8 Å². The topological polar surface area (TPSA) is 116 Å². The van der Waals surface area contributed by atoms with Crippen molar-refractivity contribution in [1.82, 2.24) is 10.2 Å². The molecule has 2 amide bonds. The van der Waals surface area contributed by atoms with Gasteiger partial charge >= 0.3 is 12.1 Å². The van der Waals surface area contributed by atoms with Crippen LogP contribution in [0.15, 0.2) is 48.5 Å². The molecule has 3 aliphatic rings. The molecule has 2 unspecified atom stereocenters. The number of carboxylic acid groups (broad SMARTS) is 1. The van der Waals surface area contributed by atoms with Crippen LogP contribution in [0.2, 0.25) is 0 Å². The quantitative estimate of drug-likeness (QED) is 0.608. The van der Waals surface area contributed by atoms with Crippen LogP contribution in [0.1, 0.15) is 49.1 Å². The molecule has 2 aliphatic carbocycles. The second-order valence-corrected chi connectivity index (χ2v) is 9.70. The average molecular weight is 479 g/mol. The molecule has 0 radical (unpaired) electrons. The molecule has 1 heterocycles. The van der Waals surface area contributed by atoms with E-state index in [0.717, 1.165) is 35.1 Å². The van der Waals surface area contributed by atoms with Gasteiger partial charge in [-0.15, -0.1) is 0 Å². The fourth-order valence-corrected chi connectivity index (χ4v) is 5.90. The summed E-state index contributed by atoms with van der Waals surface area (Å²) in [6, 6.07) is 14.8. The third-order valence-electron chi connectivity index (χ3n) is 7.58. The molecule has 4 atom stereocenters. The van der Waals surface area contributed by atoms with Gasteiger partial charge in [-0.3, -0.25) is 4.79 Å². The number of alkyl carbamates (subject to hydrolysis) is 1. The number of carbonyl (C=O) groups excluding carboxylic acids is 2. The van der Waals surface area contributed by atoms with Gasteiger partial charge < -0.3 is 25.2 Å². The van der Waals surface area contributed by atoms with Gasteiger partial charge in [-0.05, 0) is 35.1 Å². The lowest BCUT2D eigenvalue weighted by Crippen LogP contribution is -2.52. The maximum atomic E-state index is 13.3. The number of aliphatic hydroxyl groups is 1. The van der Waals surface area contributed by atoms with Crippen LogP contribution in [0.3, 0.4) is 0 Å². The van der Waals surface area contributed by atoms with Gasteiger partial charge in [0.05, 0.1) is 12.0 Å². The molecule has 8 heteroatoms. The number of amides is 2.